The third-order valence-corrected chi connectivity index (χ3v) is 4.20. The second kappa shape index (κ2) is 6.17. The normalized spacial score (nSPS) is 10.6. The highest BCUT2D eigenvalue weighted by atomic mass is 35.5. The molecule has 0 spiro atoms. The Balaban J connectivity index is 2.15. The van der Waals surface area contributed by atoms with Crippen molar-refractivity contribution in [2.45, 2.75) is 26.2 Å². The predicted molar refractivity (Wildman–Crippen MR) is 77.8 cm³/mol. The standard InChI is InChI=1S/C15H15ClOS/c1-2-3-4-11-5-7-12(8-6-11)14(17)15-13(16)9-10-18-15/h5-10H,2-4H2,1H3. The number of hydrogen-bond donors (Lipinski definition) is 0. The molecule has 0 saturated heterocycles. The molecule has 2 aromatic rings. The molecule has 0 aliphatic rings. The van der Waals surface area contributed by atoms with Crippen LogP contribution in [-0.2, 0) is 6.42 Å². The van der Waals surface area contributed by atoms with Crippen molar-refractivity contribution < 1.29 is 4.79 Å². The van der Waals surface area contributed by atoms with E-state index in [9.17, 15) is 4.79 Å². The van der Waals surface area contributed by atoms with Crippen molar-refractivity contribution in [2.75, 3.05) is 0 Å². The van der Waals surface area contributed by atoms with E-state index in [2.05, 4.69) is 6.92 Å². The molecule has 1 aromatic heterocycles. The second-order valence-electron chi connectivity index (χ2n) is 4.23. The lowest BCUT2D eigenvalue weighted by atomic mass is 10.0. The van der Waals surface area contributed by atoms with Crippen LogP contribution in [0.25, 0.3) is 0 Å². The zero-order valence-electron chi connectivity index (χ0n) is 10.3. The Kier molecular flexibility index (Phi) is 4.56. The van der Waals surface area contributed by atoms with Crippen molar-refractivity contribution in [1.29, 1.82) is 0 Å². The second-order valence-corrected chi connectivity index (χ2v) is 5.55. The summed E-state index contributed by atoms with van der Waals surface area (Å²) in [6, 6.07) is 9.61. The van der Waals surface area contributed by atoms with Gasteiger partial charge >= 0.3 is 0 Å². The maximum atomic E-state index is 12.2. The summed E-state index contributed by atoms with van der Waals surface area (Å²) in [6.07, 6.45) is 3.44. The van der Waals surface area contributed by atoms with Crippen LogP contribution in [0.2, 0.25) is 5.02 Å². The molecule has 0 aliphatic heterocycles. The van der Waals surface area contributed by atoms with Crippen LogP contribution in [0.1, 0.15) is 40.6 Å². The Hall–Kier alpha value is -1.12. The van der Waals surface area contributed by atoms with Crippen LogP contribution in [-0.4, -0.2) is 5.78 Å². The van der Waals surface area contributed by atoms with Gasteiger partial charge in [-0.25, -0.2) is 0 Å². The molecule has 3 heteroatoms. The summed E-state index contributed by atoms with van der Waals surface area (Å²) in [6.45, 7) is 2.18. The molecule has 0 N–H and O–H groups in total. The quantitative estimate of drug-likeness (QED) is 0.705. The average molecular weight is 279 g/mol. The number of rotatable bonds is 5. The molecule has 0 radical (unpaired) electrons. The molecule has 1 aromatic carbocycles. The van der Waals surface area contributed by atoms with Crippen LogP contribution in [0.3, 0.4) is 0 Å². The smallest absolute Gasteiger partial charge is 0.204 e. The van der Waals surface area contributed by atoms with E-state index in [1.54, 1.807) is 6.07 Å². The van der Waals surface area contributed by atoms with Gasteiger partial charge in [0.15, 0.2) is 0 Å². The first-order chi connectivity index (χ1) is 8.72. The van der Waals surface area contributed by atoms with Crippen molar-refractivity contribution in [2.24, 2.45) is 0 Å². The summed E-state index contributed by atoms with van der Waals surface area (Å²) >= 11 is 7.36. The van der Waals surface area contributed by atoms with Crippen LogP contribution < -0.4 is 0 Å². The van der Waals surface area contributed by atoms with Crippen molar-refractivity contribution in [1.82, 2.24) is 0 Å². The first-order valence-corrected chi connectivity index (χ1v) is 7.34. The lowest BCUT2D eigenvalue weighted by molar-refractivity contribution is 0.104. The Labute approximate surface area is 116 Å². The Bertz CT molecular complexity index is 528. The van der Waals surface area contributed by atoms with Gasteiger partial charge in [0.05, 0.1) is 9.90 Å². The predicted octanol–water partition coefficient (Wildman–Crippen LogP) is 4.98. The number of carbonyl (C=O) groups is 1. The molecule has 0 atom stereocenters. The van der Waals surface area contributed by atoms with E-state index in [1.807, 2.05) is 29.6 Å². The highest BCUT2D eigenvalue weighted by Gasteiger charge is 2.13. The van der Waals surface area contributed by atoms with E-state index in [-0.39, 0.29) is 5.78 Å². The summed E-state index contributed by atoms with van der Waals surface area (Å²) in [5.41, 5.74) is 1.99. The fourth-order valence-corrected chi connectivity index (χ4v) is 2.89. The van der Waals surface area contributed by atoms with Crippen LogP contribution in [0.4, 0.5) is 0 Å². The molecule has 0 amide bonds. The SMILES string of the molecule is CCCCc1ccc(C(=O)c2sccc2Cl)cc1. The highest BCUT2D eigenvalue weighted by molar-refractivity contribution is 7.13. The zero-order chi connectivity index (χ0) is 13.0. The molecular formula is C15H15ClOS. The third kappa shape index (κ3) is 3.01. The number of hydrogen-bond acceptors (Lipinski definition) is 2. The number of benzene rings is 1. The van der Waals surface area contributed by atoms with Gasteiger partial charge in [0.1, 0.15) is 0 Å². The summed E-state index contributed by atoms with van der Waals surface area (Å²) in [4.78, 5) is 12.8. The molecule has 0 bridgehead atoms. The Morgan fingerprint density at radius 3 is 2.50 bits per heavy atom. The zero-order valence-corrected chi connectivity index (χ0v) is 11.9. The van der Waals surface area contributed by atoms with Gasteiger partial charge in [-0.15, -0.1) is 11.3 Å². The number of thiophene rings is 1. The molecule has 94 valence electrons. The van der Waals surface area contributed by atoms with Gasteiger partial charge in [-0.2, -0.15) is 0 Å². The summed E-state index contributed by atoms with van der Waals surface area (Å²) in [5, 5.41) is 2.38. The molecule has 18 heavy (non-hydrogen) atoms. The minimum absolute atomic E-state index is 0.0111. The minimum atomic E-state index is 0.0111. The van der Waals surface area contributed by atoms with Gasteiger partial charge in [-0.05, 0) is 29.9 Å². The van der Waals surface area contributed by atoms with Gasteiger partial charge in [0, 0.05) is 5.56 Å². The first kappa shape index (κ1) is 13.3. The Morgan fingerprint density at radius 2 is 1.94 bits per heavy atom. The maximum absolute atomic E-state index is 12.2. The molecule has 0 unspecified atom stereocenters. The van der Waals surface area contributed by atoms with Crippen molar-refractivity contribution in [3.8, 4) is 0 Å². The van der Waals surface area contributed by atoms with E-state index in [1.165, 1.54) is 29.7 Å². The summed E-state index contributed by atoms with van der Waals surface area (Å²) in [7, 11) is 0. The van der Waals surface area contributed by atoms with Crippen molar-refractivity contribution >= 4 is 28.7 Å². The number of halogens is 1. The highest BCUT2D eigenvalue weighted by Crippen LogP contribution is 2.25. The lowest BCUT2D eigenvalue weighted by Gasteiger charge is -2.02. The van der Waals surface area contributed by atoms with Gasteiger partial charge in [-0.3, -0.25) is 4.79 Å². The summed E-state index contributed by atoms with van der Waals surface area (Å²) < 4.78 is 0. The van der Waals surface area contributed by atoms with Gasteiger partial charge in [0.25, 0.3) is 0 Å². The van der Waals surface area contributed by atoms with Crippen molar-refractivity contribution in [3.05, 3.63) is 56.7 Å². The molecule has 2 rings (SSSR count). The average Bonchev–Trinajstić information content (AvgIpc) is 2.82. The monoisotopic (exact) mass is 278 g/mol. The topological polar surface area (TPSA) is 17.1 Å². The van der Waals surface area contributed by atoms with Crippen molar-refractivity contribution in [3.63, 3.8) is 0 Å². The molecular weight excluding hydrogens is 264 g/mol. The van der Waals surface area contributed by atoms with E-state index in [4.69, 9.17) is 11.6 Å². The maximum Gasteiger partial charge on any atom is 0.204 e. The van der Waals surface area contributed by atoms with Gasteiger partial charge < -0.3 is 0 Å². The number of unbranched alkanes of at least 4 members (excludes halogenated alkanes) is 1. The summed E-state index contributed by atoms with van der Waals surface area (Å²) in [5.74, 6) is 0.0111. The molecule has 1 nitrogen and oxygen atoms in total. The molecule has 1 heterocycles. The molecule has 0 fully saturated rings. The first-order valence-electron chi connectivity index (χ1n) is 6.09. The van der Waals surface area contributed by atoms with Gasteiger partial charge in [0.2, 0.25) is 5.78 Å². The largest absolute Gasteiger partial charge is 0.288 e. The van der Waals surface area contributed by atoms with E-state index in [0.29, 0.717) is 15.5 Å². The number of aryl methyl sites for hydroxylation is 1. The number of ketones is 1. The minimum Gasteiger partial charge on any atom is -0.288 e. The van der Waals surface area contributed by atoms with Crippen LogP contribution in [0.5, 0.6) is 0 Å². The van der Waals surface area contributed by atoms with E-state index < -0.39 is 0 Å². The molecule has 0 saturated carbocycles. The fourth-order valence-electron chi connectivity index (χ4n) is 1.79. The number of carbonyl (C=O) groups excluding carboxylic acids is 1. The Morgan fingerprint density at radius 1 is 1.22 bits per heavy atom. The van der Waals surface area contributed by atoms with Gasteiger partial charge in [-0.1, -0.05) is 49.2 Å². The fraction of sp³-hybridized carbons (Fsp3) is 0.267. The lowest BCUT2D eigenvalue weighted by Crippen LogP contribution is -1.99. The van der Waals surface area contributed by atoms with Crippen LogP contribution >= 0.6 is 22.9 Å². The van der Waals surface area contributed by atoms with E-state index in [0.717, 1.165) is 6.42 Å². The third-order valence-electron chi connectivity index (χ3n) is 2.86. The van der Waals surface area contributed by atoms with Crippen LogP contribution in [0.15, 0.2) is 35.7 Å². The molecule has 0 aliphatic carbocycles. The van der Waals surface area contributed by atoms with Crippen LogP contribution in [0, 0.1) is 0 Å². The van der Waals surface area contributed by atoms with E-state index >= 15 is 0 Å².